The molecule has 0 N–H and O–H groups in total. The van der Waals surface area contributed by atoms with Crippen LogP contribution in [0.25, 0.3) is 0 Å². The minimum absolute atomic E-state index is 0.0589. The van der Waals surface area contributed by atoms with Gasteiger partial charge in [-0.2, -0.15) is 0 Å². The first-order valence-electron chi connectivity index (χ1n) is 11.8. The Morgan fingerprint density at radius 1 is 0.794 bits per heavy atom. The summed E-state index contributed by atoms with van der Waals surface area (Å²) in [6, 6.07) is 28.6. The molecular formula is C28H29N3O3. The predicted octanol–water partition coefficient (Wildman–Crippen LogP) is 3.73. The van der Waals surface area contributed by atoms with Gasteiger partial charge in [-0.15, -0.1) is 0 Å². The molecular weight excluding hydrogens is 426 g/mol. The van der Waals surface area contributed by atoms with Gasteiger partial charge in [0.2, 0.25) is 5.91 Å². The molecule has 6 heteroatoms. The number of fused-ring (bicyclic) bond motifs is 1. The summed E-state index contributed by atoms with van der Waals surface area (Å²) in [4.78, 5) is 31.6. The quantitative estimate of drug-likeness (QED) is 0.602. The molecule has 3 aromatic carbocycles. The summed E-state index contributed by atoms with van der Waals surface area (Å²) in [5.74, 6) is 0.428. The van der Waals surface area contributed by atoms with E-state index in [-0.39, 0.29) is 24.4 Å². The van der Waals surface area contributed by atoms with Crippen molar-refractivity contribution in [2.24, 2.45) is 0 Å². The van der Waals surface area contributed by atoms with Crippen LogP contribution in [0.3, 0.4) is 0 Å². The fraction of sp³-hybridized carbons (Fsp3) is 0.286. The standard InChI is InChI=1S/C28H29N3O3/c1-21(32)31-20-26(34-25-15-9-8-14-24(25)31)28(33)30-18-16-29(17-19-30)27(22-10-4-2-5-11-22)23-12-6-3-7-13-23/h2-15,26-27H,16-20H2,1H3/t26-/m0/s1. The minimum atomic E-state index is -0.690. The van der Waals surface area contributed by atoms with Gasteiger partial charge >= 0.3 is 0 Å². The van der Waals surface area contributed by atoms with E-state index >= 15 is 0 Å². The Labute approximate surface area is 200 Å². The largest absolute Gasteiger partial charge is 0.476 e. The van der Waals surface area contributed by atoms with E-state index in [4.69, 9.17) is 4.74 Å². The molecule has 0 unspecified atom stereocenters. The van der Waals surface area contributed by atoms with E-state index in [9.17, 15) is 9.59 Å². The SMILES string of the molecule is CC(=O)N1C[C@@H](C(=O)N2CCN(C(c3ccccc3)c3ccccc3)CC2)Oc2ccccc21. The average Bonchev–Trinajstić information content (AvgIpc) is 2.89. The maximum atomic E-state index is 13.4. The first-order valence-corrected chi connectivity index (χ1v) is 11.8. The lowest BCUT2D eigenvalue weighted by atomic mass is 9.96. The number of rotatable bonds is 4. The van der Waals surface area contributed by atoms with Gasteiger partial charge in [0.25, 0.3) is 5.91 Å². The number of amides is 2. The van der Waals surface area contributed by atoms with E-state index in [0.29, 0.717) is 18.8 Å². The molecule has 2 aliphatic rings. The molecule has 2 aliphatic heterocycles. The first-order chi connectivity index (χ1) is 16.6. The predicted molar refractivity (Wildman–Crippen MR) is 132 cm³/mol. The Hall–Kier alpha value is -3.64. The fourth-order valence-electron chi connectivity index (χ4n) is 4.95. The highest BCUT2D eigenvalue weighted by Gasteiger charge is 2.37. The van der Waals surface area contributed by atoms with E-state index in [2.05, 4.69) is 53.4 Å². The van der Waals surface area contributed by atoms with Crippen LogP contribution in [-0.2, 0) is 9.59 Å². The second kappa shape index (κ2) is 9.69. The zero-order valence-electron chi connectivity index (χ0n) is 19.3. The number of benzene rings is 3. The summed E-state index contributed by atoms with van der Waals surface area (Å²) in [6.45, 7) is 4.53. The number of carbonyl (C=O) groups excluding carboxylic acids is 2. The molecule has 1 atom stereocenters. The molecule has 0 radical (unpaired) electrons. The first kappa shape index (κ1) is 22.2. The van der Waals surface area contributed by atoms with Crippen LogP contribution in [0.5, 0.6) is 5.75 Å². The highest BCUT2D eigenvalue weighted by molar-refractivity contribution is 5.95. The molecule has 174 valence electrons. The fourth-order valence-corrected chi connectivity index (χ4v) is 4.95. The summed E-state index contributed by atoms with van der Waals surface area (Å²) in [5.41, 5.74) is 3.22. The van der Waals surface area contributed by atoms with Gasteiger partial charge in [0, 0.05) is 33.1 Å². The van der Waals surface area contributed by atoms with Gasteiger partial charge in [0.05, 0.1) is 18.3 Å². The van der Waals surface area contributed by atoms with Crippen LogP contribution >= 0.6 is 0 Å². The van der Waals surface area contributed by atoms with E-state index in [1.54, 1.807) is 4.90 Å². The Morgan fingerprint density at radius 3 is 1.94 bits per heavy atom. The van der Waals surface area contributed by atoms with Crippen LogP contribution in [0.4, 0.5) is 5.69 Å². The third-order valence-corrected chi connectivity index (χ3v) is 6.65. The third kappa shape index (κ3) is 4.41. The number of ether oxygens (including phenoxy) is 1. The van der Waals surface area contributed by atoms with Gasteiger partial charge in [-0.25, -0.2) is 0 Å². The molecule has 3 aromatic rings. The maximum absolute atomic E-state index is 13.4. The number of anilines is 1. The second-order valence-electron chi connectivity index (χ2n) is 8.79. The molecule has 6 nitrogen and oxygen atoms in total. The van der Waals surface area contributed by atoms with Crippen molar-refractivity contribution < 1.29 is 14.3 Å². The molecule has 0 spiro atoms. The minimum Gasteiger partial charge on any atom is -0.476 e. The van der Waals surface area contributed by atoms with Crippen LogP contribution in [-0.4, -0.2) is 60.4 Å². The van der Waals surface area contributed by atoms with Crippen molar-refractivity contribution in [2.45, 2.75) is 19.1 Å². The van der Waals surface area contributed by atoms with Crippen molar-refractivity contribution in [3.05, 3.63) is 96.1 Å². The van der Waals surface area contributed by atoms with Crippen LogP contribution in [0, 0.1) is 0 Å². The normalized spacial score (nSPS) is 18.4. The summed E-state index contributed by atoms with van der Waals surface area (Å²) < 4.78 is 6.04. The summed E-state index contributed by atoms with van der Waals surface area (Å²) in [7, 11) is 0. The molecule has 0 aliphatic carbocycles. The lowest BCUT2D eigenvalue weighted by Crippen LogP contribution is -2.56. The van der Waals surface area contributed by atoms with Gasteiger partial charge in [-0.1, -0.05) is 72.8 Å². The highest BCUT2D eigenvalue weighted by Crippen LogP contribution is 2.34. The smallest absolute Gasteiger partial charge is 0.265 e. The van der Waals surface area contributed by atoms with Crippen LogP contribution in [0.2, 0.25) is 0 Å². The summed E-state index contributed by atoms with van der Waals surface area (Å²) in [6.07, 6.45) is -0.690. The summed E-state index contributed by atoms with van der Waals surface area (Å²) in [5, 5.41) is 0. The summed E-state index contributed by atoms with van der Waals surface area (Å²) >= 11 is 0. The molecule has 0 saturated carbocycles. The molecule has 0 bridgehead atoms. The molecule has 34 heavy (non-hydrogen) atoms. The molecule has 2 amide bonds. The zero-order valence-corrected chi connectivity index (χ0v) is 19.3. The monoisotopic (exact) mass is 455 g/mol. The van der Waals surface area contributed by atoms with Crippen molar-refractivity contribution in [2.75, 3.05) is 37.6 Å². The van der Waals surface area contributed by atoms with Crippen LogP contribution in [0.1, 0.15) is 24.1 Å². The number of hydrogen-bond donors (Lipinski definition) is 0. The van der Waals surface area contributed by atoms with E-state index < -0.39 is 6.10 Å². The number of para-hydroxylation sites is 2. The van der Waals surface area contributed by atoms with E-state index in [1.807, 2.05) is 41.3 Å². The van der Waals surface area contributed by atoms with Crippen molar-refractivity contribution in [3.63, 3.8) is 0 Å². The van der Waals surface area contributed by atoms with Crippen LogP contribution < -0.4 is 9.64 Å². The lowest BCUT2D eigenvalue weighted by molar-refractivity contribution is -0.140. The number of piperazine rings is 1. The number of hydrogen-bond acceptors (Lipinski definition) is 4. The van der Waals surface area contributed by atoms with Gasteiger partial charge in [0.15, 0.2) is 6.10 Å². The average molecular weight is 456 g/mol. The molecule has 5 rings (SSSR count). The van der Waals surface area contributed by atoms with Gasteiger partial charge in [-0.05, 0) is 23.3 Å². The Balaban J connectivity index is 1.30. The van der Waals surface area contributed by atoms with Gasteiger partial charge in [0.1, 0.15) is 5.75 Å². The van der Waals surface area contributed by atoms with Gasteiger partial charge in [-0.3, -0.25) is 14.5 Å². The number of carbonyl (C=O) groups is 2. The molecule has 1 saturated heterocycles. The van der Waals surface area contributed by atoms with E-state index in [1.165, 1.54) is 18.1 Å². The van der Waals surface area contributed by atoms with Crippen molar-refractivity contribution >= 4 is 17.5 Å². The zero-order chi connectivity index (χ0) is 23.5. The van der Waals surface area contributed by atoms with Crippen molar-refractivity contribution in [1.82, 2.24) is 9.80 Å². The highest BCUT2D eigenvalue weighted by atomic mass is 16.5. The topological polar surface area (TPSA) is 53.1 Å². The van der Waals surface area contributed by atoms with Crippen molar-refractivity contribution in [3.8, 4) is 5.75 Å². The van der Waals surface area contributed by atoms with Gasteiger partial charge < -0.3 is 14.5 Å². The molecule has 1 fully saturated rings. The Kier molecular flexibility index (Phi) is 6.32. The third-order valence-electron chi connectivity index (χ3n) is 6.65. The molecule has 2 heterocycles. The van der Waals surface area contributed by atoms with Crippen molar-refractivity contribution in [1.29, 1.82) is 0 Å². The Bertz CT molecular complexity index is 1100. The second-order valence-corrected chi connectivity index (χ2v) is 8.79. The van der Waals surface area contributed by atoms with E-state index in [0.717, 1.165) is 18.8 Å². The number of nitrogens with zero attached hydrogens (tertiary/aromatic N) is 3. The molecule has 0 aromatic heterocycles. The Morgan fingerprint density at radius 2 is 1.35 bits per heavy atom. The lowest BCUT2D eigenvalue weighted by Gasteiger charge is -2.41. The maximum Gasteiger partial charge on any atom is 0.265 e. The van der Waals surface area contributed by atoms with Crippen LogP contribution in [0.15, 0.2) is 84.9 Å².